The number of aliphatic hydroxyl groups excluding tert-OH is 2. The Bertz CT molecular complexity index is 476. The van der Waals surface area contributed by atoms with E-state index in [9.17, 15) is 5.11 Å². The SMILES string of the molecule is OCCCCCn1ccc2c(CO)cccc21. The van der Waals surface area contributed by atoms with Crippen molar-refractivity contribution in [2.75, 3.05) is 6.61 Å². The zero-order valence-corrected chi connectivity index (χ0v) is 9.97. The number of benzene rings is 1. The summed E-state index contributed by atoms with van der Waals surface area (Å²) in [6.07, 6.45) is 5.08. The second-order valence-electron chi connectivity index (χ2n) is 4.30. The summed E-state index contributed by atoms with van der Waals surface area (Å²) in [6.45, 7) is 1.34. The zero-order chi connectivity index (χ0) is 12.1. The van der Waals surface area contributed by atoms with Crippen LogP contribution in [0.2, 0.25) is 0 Å². The molecule has 0 spiro atoms. The van der Waals surface area contributed by atoms with E-state index in [0.29, 0.717) is 0 Å². The monoisotopic (exact) mass is 233 g/mol. The average Bonchev–Trinajstić information content (AvgIpc) is 2.78. The number of hydrogen-bond acceptors (Lipinski definition) is 2. The van der Waals surface area contributed by atoms with Crippen LogP contribution in [0.5, 0.6) is 0 Å². The first kappa shape index (κ1) is 12.1. The maximum Gasteiger partial charge on any atom is 0.0688 e. The number of rotatable bonds is 6. The molecule has 92 valence electrons. The Morgan fingerprint density at radius 3 is 2.65 bits per heavy atom. The van der Waals surface area contributed by atoms with E-state index in [2.05, 4.69) is 22.9 Å². The first-order valence-electron chi connectivity index (χ1n) is 6.15. The van der Waals surface area contributed by atoms with Crippen LogP contribution in [0.15, 0.2) is 30.5 Å². The van der Waals surface area contributed by atoms with E-state index in [-0.39, 0.29) is 13.2 Å². The number of fused-ring (bicyclic) bond motifs is 1. The van der Waals surface area contributed by atoms with Gasteiger partial charge in [-0.1, -0.05) is 12.1 Å². The van der Waals surface area contributed by atoms with Crippen LogP contribution < -0.4 is 0 Å². The zero-order valence-electron chi connectivity index (χ0n) is 9.97. The van der Waals surface area contributed by atoms with Gasteiger partial charge < -0.3 is 14.8 Å². The number of aromatic nitrogens is 1. The lowest BCUT2D eigenvalue weighted by atomic mass is 10.1. The molecule has 3 heteroatoms. The topological polar surface area (TPSA) is 45.4 Å². The van der Waals surface area contributed by atoms with Crippen molar-refractivity contribution in [1.82, 2.24) is 4.57 Å². The number of unbranched alkanes of at least 4 members (excludes halogenated alkanes) is 2. The second-order valence-corrected chi connectivity index (χ2v) is 4.30. The Morgan fingerprint density at radius 1 is 1.00 bits per heavy atom. The van der Waals surface area contributed by atoms with Crippen LogP contribution in [0.1, 0.15) is 24.8 Å². The smallest absolute Gasteiger partial charge is 0.0688 e. The van der Waals surface area contributed by atoms with Crippen LogP contribution in [0.4, 0.5) is 0 Å². The maximum absolute atomic E-state index is 9.25. The molecule has 0 bridgehead atoms. The molecule has 2 aromatic rings. The van der Waals surface area contributed by atoms with Crippen LogP contribution in [-0.4, -0.2) is 21.4 Å². The van der Waals surface area contributed by atoms with Gasteiger partial charge in [-0.2, -0.15) is 0 Å². The lowest BCUT2D eigenvalue weighted by Gasteiger charge is -2.06. The summed E-state index contributed by atoms with van der Waals surface area (Å²) in [7, 11) is 0. The molecule has 0 atom stereocenters. The molecule has 0 aliphatic carbocycles. The van der Waals surface area contributed by atoms with Crippen LogP contribution in [0.3, 0.4) is 0 Å². The van der Waals surface area contributed by atoms with Gasteiger partial charge in [0.2, 0.25) is 0 Å². The van der Waals surface area contributed by atoms with E-state index < -0.39 is 0 Å². The van der Waals surface area contributed by atoms with Gasteiger partial charge in [-0.3, -0.25) is 0 Å². The molecule has 0 amide bonds. The fourth-order valence-corrected chi connectivity index (χ4v) is 2.19. The van der Waals surface area contributed by atoms with E-state index in [4.69, 9.17) is 5.11 Å². The normalized spacial score (nSPS) is 11.2. The Labute approximate surface area is 101 Å². The summed E-state index contributed by atoms with van der Waals surface area (Å²) < 4.78 is 2.21. The average molecular weight is 233 g/mol. The van der Waals surface area contributed by atoms with Crippen molar-refractivity contribution in [3.05, 3.63) is 36.0 Å². The summed E-state index contributed by atoms with van der Waals surface area (Å²) in [5, 5.41) is 19.1. The minimum Gasteiger partial charge on any atom is -0.396 e. The Balaban J connectivity index is 2.13. The quantitative estimate of drug-likeness (QED) is 0.752. The van der Waals surface area contributed by atoms with Gasteiger partial charge in [-0.25, -0.2) is 0 Å². The van der Waals surface area contributed by atoms with E-state index in [0.717, 1.165) is 36.8 Å². The predicted molar refractivity (Wildman–Crippen MR) is 68.8 cm³/mol. The van der Waals surface area contributed by atoms with Crippen molar-refractivity contribution < 1.29 is 10.2 Å². The minimum absolute atomic E-state index is 0.0892. The standard InChI is InChI=1S/C14H19NO2/c16-10-3-1-2-8-15-9-7-13-12(11-17)5-4-6-14(13)15/h4-7,9,16-17H,1-3,8,10-11H2. The molecule has 0 radical (unpaired) electrons. The molecule has 2 rings (SSSR count). The molecule has 0 aliphatic heterocycles. The third-order valence-electron chi connectivity index (χ3n) is 3.13. The van der Waals surface area contributed by atoms with Gasteiger partial charge in [0.05, 0.1) is 6.61 Å². The predicted octanol–water partition coefficient (Wildman–Crippen LogP) is 2.30. The second kappa shape index (κ2) is 5.84. The molecule has 3 nitrogen and oxygen atoms in total. The molecule has 0 fully saturated rings. The number of aliphatic hydroxyl groups is 2. The summed E-state index contributed by atoms with van der Waals surface area (Å²) >= 11 is 0. The Kier molecular flexibility index (Phi) is 4.18. The summed E-state index contributed by atoms with van der Waals surface area (Å²) in [4.78, 5) is 0. The molecule has 1 aromatic heterocycles. The summed E-state index contributed by atoms with van der Waals surface area (Å²) in [5.74, 6) is 0. The summed E-state index contributed by atoms with van der Waals surface area (Å²) in [5.41, 5.74) is 2.16. The molecule has 0 saturated heterocycles. The third-order valence-corrected chi connectivity index (χ3v) is 3.13. The molecule has 0 saturated carbocycles. The maximum atomic E-state index is 9.25. The van der Waals surface area contributed by atoms with Gasteiger partial charge >= 0.3 is 0 Å². The third kappa shape index (κ3) is 2.68. The first-order chi connectivity index (χ1) is 8.36. The van der Waals surface area contributed by atoms with Crippen molar-refractivity contribution in [2.24, 2.45) is 0 Å². The van der Waals surface area contributed by atoms with Gasteiger partial charge in [0.25, 0.3) is 0 Å². The van der Waals surface area contributed by atoms with Crippen molar-refractivity contribution in [2.45, 2.75) is 32.4 Å². The Hall–Kier alpha value is -1.32. The lowest BCUT2D eigenvalue weighted by Crippen LogP contribution is -1.97. The van der Waals surface area contributed by atoms with Crippen molar-refractivity contribution in [1.29, 1.82) is 0 Å². The van der Waals surface area contributed by atoms with Crippen LogP contribution in [0, 0.1) is 0 Å². The van der Waals surface area contributed by atoms with E-state index in [1.807, 2.05) is 12.1 Å². The molecule has 1 aromatic carbocycles. The molecular formula is C14H19NO2. The van der Waals surface area contributed by atoms with Gasteiger partial charge in [-0.05, 0) is 37.0 Å². The number of nitrogens with zero attached hydrogens (tertiary/aromatic N) is 1. The minimum atomic E-state index is 0.0892. The highest BCUT2D eigenvalue weighted by Crippen LogP contribution is 2.20. The van der Waals surface area contributed by atoms with Crippen LogP contribution >= 0.6 is 0 Å². The van der Waals surface area contributed by atoms with Gasteiger partial charge in [0.1, 0.15) is 0 Å². The largest absolute Gasteiger partial charge is 0.396 e. The molecule has 1 heterocycles. The highest BCUT2D eigenvalue weighted by Gasteiger charge is 2.04. The van der Waals surface area contributed by atoms with E-state index in [1.54, 1.807) is 0 Å². The van der Waals surface area contributed by atoms with Crippen LogP contribution in [-0.2, 0) is 13.2 Å². The van der Waals surface area contributed by atoms with Crippen molar-refractivity contribution in [3.8, 4) is 0 Å². The lowest BCUT2D eigenvalue weighted by molar-refractivity contribution is 0.282. The van der Waals surface area contributed by atoms with Crippen LogP contribution in [0.25, 0.3) is 10.9 Å². The van der Waals surface area contributed by atoms with E-state index >= 15 is 0 Å². The van der Waals surface area contributed by atoms with Gasteiger partial charge in [0, 0.05) is 30.3 Å². The summed E-state index contributed by atoms with van der Waals surface area (Å²) in [6, 6.07) is 8.09. The number of aryl methyl sites for hydroxylation is 1. The molecule has 17 heavy (non-hydrogen) atoms. The van der Waals surface area contributed by atoms with Gasteiger partial charge in [-0.15, -0.1) is 0 Å². The molecule has 2 N–H and O–H groups in total. The molecule has 0 unspecified atom stereocenters. The first-order valence-corrected chi connectivity index (χ1v) is 6.15. The Morgan fingerprint density at radius 2 is 1.88 bits per heavy atom. The number of hydrogen-bond donors (Lipinski definition) is 2. The molecular weight excluding hydrogens is 214 g/mol. The fraction of sp³-hybridized carbons (Fsp3) is 0.429. The molecule has 0 aliphatic rings. The fourth-order valence-electron chi connectivity index (χ4n) is 2.19. The van der Waals surface area contributed by atoms with Crippen molar-refractivity contribution in [3.63, 3.8) is 0 Å². The van der Waals surface area contributed by atoms with E-state index in [1.165, 1.54) is 5.52 Å². The van der Waals surface area contributed by atoms with Gasteiger partial charge in [0.15, 0.2) is 0 Å². The highest BCUT2D eigenvalue weighted by molar-refractivity contribution is 5.83. The van der Waals surface area contributed by atoms with Crippen molar-refractivity contribution >= 4 is 10.9 Å². The highest BCUT2D eigenvalue weighted by atomic mass is 16.3.